The average Bonchev–Trinajstić information content (AvgIpc) is 3.53. The third-order valence-electron chi connectivity index (χ3n) is 9.54. The molecule has 3 heteroatoms. The number of hydrogen-bond donors (Lipinski definition) is 0. The molecule has 0 aliphatic rings. The number of nitrogens with zero attached hydrogens (tertiary/aromatic N) is 2. The summed E-state index contributed by atoms with van der Waals surface area (Å²) >= 11 is 0. The molecule has 0 N–H and O–H groups in total. The lowest BCUT2D eigenvalue weighted by Crippen LogP contribution is -2.10. The van der Waals surface area contributed by atoms with Gasteiger partial charge in [-0.05, 0) is 74.5 Å². The highest BCUT2D eigenvalue weighted by molar-refractivity contribution is 6.25. The van der Waals surface area contributed by atoms with Crippen LogP contribution in [0.1, 0.15) is 11.1 Å². The van der Waals surface area contributed by atoms with Crippen LogP contribution in [-0.4, -0.2) is 0 Å². The molecule has 0 spiro atoms. The molecule has 1 heterocycles. The Kier molecular flexibility index (Phi) is 6.91. The molecule has 3 nitrogen and oxygen atoms in total. The number of furan rings is 1. The van der Waals surface area contributed by atoms with E-state index in [1.165, 1.54) is 11.1 Å². The second kappa shape index (κ2) is 11.7. The zero-order valence-electron chi connectivity index (χ0n) is 27.5. The van der Waals surface area contributed by atoms with E-state index in [-0.39, 0.29) is 0 Å². The van der Waals surface area contributed by atoms with Crippen LogP contribution >= 0.6 is 0 Å². The van der Waals surface area contributed by atoms with E-state index < -0.39 is 0 Å². The fraction of sp³-hybridized carbons (Fsp3) is 0.0435. The van der Waals surface area contributed by atoms with Crippen molar-refractivity contribution >= 4 is 77.6 Å². The fourth-order valence-corrected chi connectivity index (χ4v) is 7.15. The molecule has 0 saturated carbocycles. The van der Waals surface area contributed by atoms with Gasteiger partial charge in [-0.3, -0.25) is 0 Å². The van der Waals surface area contributed by atoms with Gasteiger partial charge in [-0.1, -0.05) is 120 Å². The second-order valence-electron chi connectivity index (χ2n) is 12.8. The van der Waals surface area contributed by atoms with Crippen LogP contribution in [0.25, 0.3) is 43.5 Å². The van der Waals surface area contributed by atoms with Gasteiger partial charge in [0, 0.05) is 55.1 Å². The standard InChI is InChI=1S/C46H34N2O/c1-31-21-25-35(26-22-31)47(33-13-5-3-6-14-33)43-29-41-42-30-44(48(34-15-7-4-8-16-34)36-27-23-32(2)24-28-36)38-18-10-12-20-40(38)46(42)49-45(41)39-19-11-9-17-37(39)43/h3-30H,1-2H3. The monoisotopic (exact) mass is 630 g/mol. The summed E-state index contributed by atoms with van der Waals surface area (Å²) in [6, 6.07) is 60.7. The molecule has 0 amide bonds. The van der Waals surface area contributed by atoms with Crippen molar-refractivity contribution in [1.29, 1.82) is 0 Å². The minimum Gasteiger partial charge on any atom is -0.455 e. The van der Waals surface area contributed by atoms with E-state index in [0.29, 0.717) is 0 Å². The van der Waals surface area contributed by atoms with Crippen LogP contribution in [0.3, 0.4) is 0 Å². The molecule has 0 unspecified atom stereocenters. The Bertz CT molecular complexity index is 2420. The number of anilines is 6. The third-order valence-corrected chi connectivity index (χ3v) is 9.54. The first kappa shape index (κ1) is 28.9. The number of hydrogen-bond acceptors (Lipinski definition) is 3. The van der Waals surface area contributed by atoms with Gasteiger partial charge in [-0.15, -0.1) is 0 Å². The van der Waals surface area contributed by atoms with Gasteiger partial charge in [-0.25, -0.2) is 0 Å². The molecule has 1 aromatic heterocycles. The summed E-state index contributed by atoms with van der Waals surface area (Å²) in [6.45, 7) is 4.26. The number of para-hydroxylation sites is 2. The molecule has 234 valence electrons. The van der Waals surface area contributed by atoms with Gasteiger partial charge in [0.2, 0.25) is 0 Å². The van der Waals surface area contributed by atoms with Gasteiger partial charge in [0.25, 0.3) is 0 Å². The largest absolute Gasteiger partial charge is 0.455 e. The van der Waals surface area contributed by atoms with Crippen molar-refractivity contribution in [2.45, 2.75) is 13.8 Å². The first-order valence-electron chi connectivity index (χ1n) is 16.8. The van der Waals surface area contributed by atoms with Crippen molar-refractivity contribution < 1.29 is 4.42 Å². The van der Waals surface area contributed by atoms with Crippen LogP contribution < -0.4 is 9.80 Å². The zero-order valence-corrected chi connectivity index (χ0v) is 27.5. The number of aryl methyl sites for hydroxylation is 2. The van der Waals surface area contributed by atoms with Gasteiger partial charge < -0.3 is 14.2 Å². The van der Waals surface area contributed by atoms with Gasteiger partial charge in [0.05, 0.1) is 11.4 Å². The average molecular weight is 631 g/mol. The minimum atomic E-state index is 0.898. The lowest BCUT2D eigenvalue weighted by molar-refractivity contribution is 0.676. The lowest BCUT2D eigenvalue weighted by atomic mass is 9.99. The fourth-order valence-electron chi connectivity index (χ4n) is 7.15. The summed E-state index contributed by atoms with van der Waals surface area (Å²) < 4.78 is 6.97. The van der Waals surface area contributed by atoms with E-state index in [1.54, 1.807) is 0 Å². The number of fused-ring (bicyclic) bond motifs is 7. The quantitative estimate of drug-likeness (QED) is 0.182. The normalized spacial score (nSPS) is 11.5. The Morgan fingerprint density at radius 2 is 0.653 bits per heavy atom. The van der Waals surface area contributed by atoms with Crippen LogP contribution in [0, 0.1) is 13.8 Å². The minimum absolute atomic E-state index is 0.898. The molecule has 49 heavy (non-hydrogen) atoms. The highest BCUT2D eigenvalue weighted by Gasteiger charge is 2.23. The van der Waals surface area contributed by atoms with Crippen molar-refractivity contribution in [3.63, 3.8) is 0 Å². The Hall–Kier alpha value is -6.32. The number of benzene rings is 8. The highest BCUT2D eigenvalue weighted by Crippen LogP contribution is 2.48. The Labute approximate surface area is 285 Å². The zero-order chi connectivity index (χ0) is 32.9. The Morgan fingerprint density at radius 3 is 1.04 bits per heavy atom. The molecule has 9 aromatic rings. The van der Waals surface area contributed by atoms with Gasteiger partial charge in [0.15, 0.2) is 0 Å². The molecule has 0 aliphatic carbocycles. The van der Waals surface area contributed by atoms with Gasteiger partial charge in [0.1, 0.15) is 11.2 Å². The summed E-state index contributed by atoms with van der Waals surface area (Å²) in [5, 5.41) is 6.61. The molecule has 0 aliphatic heterocycles. The van der Waals surface area contributed by atoms with E-state index >= 15 is 0 Å². The molecule has 9 rings (SSSR count). The van der Waals surface area contributed by atoms with E-state index in [1.807, 2.05) is 0 Å². The maximum absolute atomic E-state index is 6.97. The maximum Gasteiger partial charge on any atom is 0.143 e. The van der Waals surface area contributed by atoms with Gasteiger partial charge >= 0.3 is 0 Å². The lowest BCUT2D eigenvalue weighted by Gasteiger charge is -2.27. The topological polar surface area (TPSA) is 19.6 Å². The van der Waals surface area contributed by atoms with E-state index in [9.17, 15) is 0 Å². The molecule has 0 radical (unpaired) electrons. The predicted molar refractivity (Wildman–Crippen MR) is 208 cm³/mol. The Balaban J connectivity index is 1.39. The molecule has 0 bridgehead atoms. The molecule has 0 atom stereocenters. The molecular formula is C46H34N2O. The summed E-state index contributed by atoms with van der Waals surface area (Å²) in [5.74, 6) is 0. The molecular weight excluding hydrogens is 597 g/mol. The molecule has 0 fully saturated rings. The summed E-state index contributed by atoms with van der Waals surface area (Å²) in [5.41, 5.74) is 10.9. The first-order chi connectivity index (χ1) is 24.1. The maximum atomic E-state index is 6.97. The van der Waals surface area contributed by atoms with Crippen molar-refractivity contribution in [2.75, 3.05) is 9.80 Å². The highest BCUT2D eigenvalue weighted by atomic mass is 16.3. The van der Waals surface area contributed by atoms with Crippen molar-refractivity contribution in [3.8, 4) is 0 Å². The SMILES string of the molecule is Cc1ccc(N(c2ccccc2)c2cc3c4cc(N(c5ccccc5)c5ccc(C)cc5)c5ccccc5c4oc3c3ccccc23)cc1. The second-order valence-corrected chi connectivity index (χ2v) is 12.8. The number of rotatable bonds is 6. The smallest absolute Gasteiger partial charge is 0.143 e. The first-order valence-corrected chi connectivity index (χ1v) is 16.8. The van der Waals surface area contributed by atoms with Crippen LogP contribution in [0.5, 0.6) is 0 Å². The van der Waals surface area contributed by atoms with E-state index in [2.05, 4.69) is 194 Å². The van der Waals surface area contributed by atoms with Crippen LogP contribution in [-0.2, 0) is 0 Å². The van der Waals surface area contributed by atoms with E-state index in [4.69, 9.17) is 4.42 Å². The third kappa shape index (κ3) is 4.90. The van der Waals surface area contributed by atoms with Crippen LogP contribution in [0.15, 0.2) is 174 Å². The summed E-state index contributed by atoms with van der Waals surface area (Å²) in [6.07, 6.45) is 0. The van der Waals surface area contributed by atoms with Crippen molar-refractivity contribution in [1.82, 2.24) is 0 Å². The van der Waals surface area contributed by atoms with Crippen LogP contribution in [0.2, 0.25) is 0 Å². The van der Waals surface area contributed by atoms with E-state index in [0.717, 1.165) is 77.6 Å². The molecule has 0 saturated heterocycles. The summed E-state index contributed by atoms with van der Waals surface area (Å²) in [7, 11) is 0. The Morgan fingerprint density at radius 1 is 0.327 bits per heavy atom. The summed E-state index contributed by atoms with van der Waals surface area (Å²) in [4.78, 5) is 4.73. The predicted octanol–water partition coefficient (Wildman–Crippen LogP) is 13.4. The van der Waals surface area contributed by atoms with Crippen LogP contribution in [0.4, 0.5) is 34.1 Å². The van der Waals surface area contributed by atoms with Crippen molar-refractivity contribution in [3.05, 3.63) is 181 Å². The van der Waals surface area contributed by atoms with Gasteiger partial charge in [-0.2, -0.15) is 0 Å². The van der Waals surface area contributed by atoms with Crippen molar-refractivity contribution in [2.24, 2.45) is 0 Å². The molecule has 8 aromatic carbocycles.